The highest BCUT2D eigenvalue weighted by atomic mass is 31.1. The van der Waals surface area contributed by atoms with Gasteiger partial charge in [-0.3, -0.25) is 4.99 Å². The van der Waals surface area contributed by atoms with Crippen LogP contribution in [-0.4, -0.2) is 18.1 Å². The van der Waals surface area contributed by atoms with Crippen LogP contribution in [0.5, 0.6) is 0 Å². The predicted octanol–water partition coefficient (Wildman–Crippen LogP) is 3.49. The highest BCUT2D eigenvalue weighted by Gasteiger charge is 2.26. The zero-order valence-electron chi connectivity index (χ0n) is 12.0. The van der Waals surface area contributed by atoms with E-state index in [9.17, 15) is 0 Å². The second-order valence-corrected chi connectivity index (χ2v) is 6.90. The largest absolute Gasteiger partial charge is 0.284 e. The Bertz CT molecular complexity index is 696. The maximum absolute atomic E-state index is 4.46. The van der Waals surface area contributed by atoms with E-state index in [-0.39, 0.29) is 0 Å². The van der Waals surface area contributed by atoms with Gasteiger partial charge in [-0.2, -0.15) is 0 Å². The van der Waals surface area contributed by atoms with Gasteiger partial charge < -0.3 is 0 Å². The lowest BCUT2D eigenvalue weighted by molar-refractivity contribution is 1.46. The van der Waals surface area contributed by atoms with Crippen LogP contribution in [0.1, 0.15) is 0 Å². The van der Waals surface area contributed by atoms with E-state index in [0.29, 0.717) is 0 Å². The molecule has 21 heavy (non-hydrogen) atoms. The first kappa shape index (κ1) is 13.7. The lowest BCUT2D eigenvalue weighted by Crippen LogP contribution is -2.18. The van der Waals surface area contributed by atoms with Crippen molar-refractivity contribution >= 4 is 29.2 Å². The molecule has 0 spiro atoms. The molecule has 0 fully saturated rings. The van der Waals surface area contributed by atoms with Crippen LogP contribution < -0.4 is 10.6 Å². The summed E-state index contributed by atoms with van der Waals surface area (Å²) >= 11 is 0. The van der Waals surface area contributed by atoms with E-state index >= 15 is 0 Å². The van der Waals surface area contributed by atoms with Crippen LogP contribution in [0.3, 0.4) is 0 Å². The number of hydrogen-bond acceptors (Lipinski definition) is 1. The molecule has 0 aromatic heterocycles. The molecule has 0 N–H and O–H groups in total. The van der Waals surface area contributed by atoms with Crippen molar-refractivity contribution in [3.63, 3.8) is 0 Å². The van der Waals surface area contributed by atoms with E-state index in [0.717, 1.165) is 5.71 Å². The molecule has 2 aromatic rings. The Labute approximate surface area is 126 Å². The molecule has 0 saturated carbocycles. The Morgan fingerprint density at radius 3 is 1.76 bits per heavy atom. The third-order valence-corrected chi connectivity index (χ3v) is 5.88. The molecular weight excluding hydrogens is 273 g/mol. The lowest BCUT2D eigenvalue weighted by Gasteiger charge is -2.05. The SMILES string of the molecule is CN=C1C=CC=CC1=[P+](c1ccccc1)c1ccccc1. The van der Waals surface area contributed by atoms with Gasteiger partial charge in [-0.15, -0.1) is 0 Å². The molecule has 1 nitrogen and oxygen atoms in total. The normalized spacial score (nSPS) is 15.5. The van der Waals surface area contributed by atoms with Crippen molar-refractivity contribution in [1.29, 1.82) is 0 Å². The number of benzene rings is 2. The summed E-state index contributed by atoms with van der Waals surface area (Å²) in [6.45, 7) is 0. The Hall–Kier alpha value is -2.24. The second kappa shape index (κ2) is 6.47. The average molecular weight is 290 g/mol. The third-order valence-electron chi connectivity index (χ3n) is 3.39. The summed E-state index contributed by atoms with van der Waals surface area (Å²) in [7, 11) is 1.30. The topological polar surface area (TPSA) is 12.4 Å². The van der Waals surface area contributed by atoms with Crippen molar-refractivity contribution in [3.8, 4) is 0 Å². The Morgan fingerprint density at radius 2 is 1.24 bits per heavy atom. The van der Waals surface area contributed by atoms with Gasteiger partial charge >= 0.3 is 0 Å². The maximum atomic E-state index is 4.46. The summed E-state index contributed by atoms with van der Waals surface area (Å²) in [5, 5.41) is 4.03. The van der Waals surface area contributed by atoms with Gasteiger partial charge in [-0.05, 0) is 36.4 Å². The summed E-state index contributed by atoms with van der Waals surface area (Å²) in [6.07, 6.45) is 8.45. The molecule has 0 amide bonds. The minimum Gasteiger partial charge on any atom is -0.284 e. The fourth-order valence-electron chi connectivity index (χ4n) is 2.42. The van der Waals surface area contributed by atoms with Crippen LogP contribution in [0, 0.1) is 0 Å². The van der Waals surface area contributed by atoms with E-state index in [4.69, 9.17) is 0 Å². The molecule has 2 heteroatoms. The van der Waals surface area contributed by atoms with E-state index in [1.807, 2.05) is 7.05 Å². The van der Waals surface area contributed by atoms with Crippen LogP contribution >= 0.6 is 7.55 Å². The van der Waals surface area contributed by atoms with Gasteiger partial charge in [0.1, 0.15) is 5.71 Å². The molecule has 0 heterocycles. The van der Waals surface area contributed by atoms with E-state index in [1.54, 1.807) is 0 Å². The van der Waals surface area contributed by atoms with Crippen molar-refractivity contribution in [2.75, 3.05) is 7.05 Å². The van der Waals surface area contributed by atoms with Crippen LogP contribution in [0.2, 0.25) is 0 Å². The fourth-order valence-corrected chi connectivity index (χ4v) is 4.86. The number of hydrogen-bond donors (Lipinski definition) is 0. The minimum absolute atomic E-state index is 0.566. The molecule has 0 unspecified atom stereocenters. The summed E-state index contributed by atoms with van der Waals surface area (Å²) < 4.78 is 0. The van der Waals surface area contributed by atoms with Gasteiger partial charge in [0.05, 0.1) is 0 Å². The number of aliphatic imine (C=N–C) groups is 1. The first-order chi connectivity index (χ1) is 10.4. The quantitative estimate of drug-likeness (QED) is 0.751. The van der Waals surface area contributed by atoms with E-state index < -0.39 is 7.55 Å². The van der Waals surface area contributed by atoms with Gasteiger partial charge in [0.2, 0.25) is 0 Å². The molecular formula is C19H17NP+. The van der Waals surface area contributed by atoms with Crippen molar-refractivity contribution in [2.45, 2.75) is 0 Å². The third kappa shape index (κ3) is 2.94. The van der Waals surface area contributed by atoms with Crippen LogP contribution in [0.4, 0.5) is 0 Å². The smallest absolute Gasteiger partial charge is 0.180 e. The molecule has 1 aliphatic rings. The van der Waals surface area contributed by atoms with Gasteiger partial charge in [0.25, 0.3) is 0 Å². The van der Waals surface area contributed by atoms with Crippen molar-refractivity contribution in [2.24, 2.45) is 4.99 Å². The molecule has 0 radical (unpaired) electrons. The van der Waals surface area contributed by atoms with Gasteiger partial charge in [-0.25, -0.2) is 0 Å². The highest BCUT2D eigenvalue weighted by molar-refractivity contribution is 7.75. The van der Waals surface area contributed by atoms with Gasteiger partial charge in [-0.1, -0.05) is 48.6 Å². The summed E-state index contributed by atoms with van der Waals surface area (Å²) in [5.74, 6) is 0. The van der Waals surface area contributed by atoms with Crippen molar-refractivity contribution in [3.05, 3.63) is 85.0 Å². The maximum Gasteiger partial charge on any atom is 0.180 e. The van der Waals surface area contributed by atoms with E-state index in [2.05, 4.69) is 90.0 Å². The molecule has 1 aliphatic carbocycles. The minimum atomic E-state index is -0.566. The van der Waals surface area contributed by atoms with Gasteiger partial charge in [0.15, 0.2) is 23.4 Å². The summed E-state index contributed by atoms with van der Waals surface area (Å²) in [5.41, 5.74) is 1.08. The van der Waals surface area contributed by atoms with Crippen LogP contribution in [-0.2, 0) is 0 Å². The number of nitrogens with zero attached hydrogens (tertiary/aromatic N) is 1. The van der Waals surface area contributed by atoms with E-state index in [1.165, 1.54) is 15.9 Å². The molecule has 2 aromatic carbocycles. The number of rotatable bonds is 2. The second-order valence-electron chi connectivity index (χ2n) is 4.72. The molecule has 0 bridgehead atoms. The van der Waals surface area contributed by atoms with Crippen molar-refractivity contribution in [1.82, 2.24) is 0 Å². The lowest BCUT2D eigenvalue weighted by atomic mass is 10.1. The monoisotopic (exact) mass is 290 g/mol. The molecule has 102 valence electrons. The molecule has 0 atom stereocenters. The van der Waals surface area contributed by atoms with Crippen LogP contribution in [0.15, 0.2) is 90.0 Å². The zero-order valence-corrected chi connectivity index (χ0v) is 12.9. The summed E-state index contributed by atoms with van der Waals surface area (Å²) in [6, 6.07) is 21.4. The standard InChI is InChI=1S/C19H17NP/c1-20-18-14-8-9-15-19(18)21(16-10-4-2-5-11-16)17-12-6-3-7-13-17/h2-15H,1H3/q+1. The average Bonchev–Trinajstić information content (AvgIpc) is 2.58. The summed E-state index contributed by atoms with van der Waals surface area (Å²) in [4.78, 5) is 4.46. The molecule has 0 aliphatic heterocycles. The van der Waals surface area contributed by atoms with Crippen molar-refractivity contribution < 1.29 is 0 Å². The zero-order chi connectivity index (χ0) is 14.5. The Morgan fingerprint density at radius 1 is 0.714 bits per heavy atom. The van der Waals surface area contributed by atoms with Gasteiger partial charge in [0, 0.05) is 7.05 Å². The predicted molar refractivity (Wildman–Crippen MR) is 95.7 cm³/mol. The number of allylic oxidation sites excluding steroid dienone is 4. The first-order valence-corrected chi connectivity index (χ1v) is 8.33. The Balaban J connectivity index is 2.27. The fraction of sp³-hybridized carbons (Fsp3) is 0.0526. The molecule has 3 rings (SSSR count). The first-order valence-electron chi connectivity index (χ1n) is 6.99. The molecule has 0 saturated heterocycles. The highest BCUT2D eigenvalue weighted by Crippen LogP contribution is 2.26. The van der Waals surface area contributed by atoms with Crippen LogP contribution in [0.25, 0.3) is 0 Å². The Kier molecular flexibility index (Phi) is 4.23.